The zero-order chi connectivity index (χ0) is 20.5. The molecular weight excluding hydrogens is 366 g/mol. The summed E-state index contributed by atoms with van der Waals surface area (Å²) in [4.78, 5) is 0. The number of nitrogens with zero attached hydrogens (tertiary/aromatic N) is 1. The second-order valence-electron chi connectivity index (χ2n) is 7.72. The third-order valence-electron chi connectivity index (χ3n) is 5.39. The average Bonchev–Trinajstić information content (AvgIpc) is 2.77. The number of hydrogen-bond acceptors (Lipinski definition) is 1. The Morgan fingerprint density at radius 3 is 1.30 bits per heavy atom. The predicted octanol–water partition coefficient (Wildman–Crippen LogP) is 5.79. The van der Waals surface area contributed by atoms with Crippen LogP contribution in [0.4, 0.5) is 0 Å². The van der Waals surface area contributed by atoms with E-state index >= 15 is 0 Å². The van der Waals surface area contributed by atoms with Crippen LogP contribution in [0, 0.1) is 0 Å². The minimum Gasteiger partial charge on any atom is -0.872 e. The Morgan fingerprint density at radius 1 is 0.467 bits per heavy atom. The van der Waals surface area contributed by atoms with Crippen LogP contribution in [0.2, 0.25) is 0 Å². The maximum absolute atomic E-state index is 11.5. The average molecular weight is 387 g/mol. The first-order valence-corrected chi connectivity index (χ1v) is 10.0. The molecule has 0 aliphatic rings. The van der Waals surface area contributed by atoms with E-state index in [1.165, 1.54) is 21.9 Å². The Labute approximate surface area is 176 Å². The number of aromatic nitrogens is 1. The van der Waals surface area contributed by atoms with Gasteiger partial charge >= 0.3 is 0 Å². The molecule has 0 unspecified atom stereocenters. The smallest absolute Gasteiger partial charge is 0.169 e. The fraction of sp³-hybridized carbons (Fsp3) is 0.0357. The lowest BCUT2D eigenvalue weighted by Crippen LogP contribution is -2.25. The first-order chi connectivity index (χ1) is 14.6. The van der Waals surface area contributed by atoms with Gasteiger partial charge in [0.15, 0.2) is 12.4 Å². The Morgan fingerprint density at radius 2 is 0.867 bits per heavy atom. The van der Waals surface area contributed by atoms with Gasteiger partial charge in [-0.25, -0.2) is 4.57 Å². The molecule has 0 saturated carbocycles. The van der Waals surface area contributed by atoms with Crippen LogP contribution in [-0.2, 0) is 7.05 Å². The van der Waals surface area contributed by atoms with E-state index in [0.29, 0.717) is 0 Å². The minimum atomic E-state index is 0.0331. The molecule has 0 aliphatic heterocycles. The van der Waals surface area contributed by atoms with Gasteiger partial charge in [0.1, 0.15) is 7.05 Å². The van der Waals surface area contributed by atoms with E-state index in [0.717, 1.165) is 21.9 Å². The van der Waals surface area contributed by atoms with Gasteiger partial charge in [0, 0.05) is 12.1 Å². The molecule has 0 amide bonds. The number of aryl methyl sites for hydroxylation is 1. The van der Waals surface area contributed by atoms with Crippen molar-refractivity contribution in [3.05, 3.63) is 109 Å². The van der Waals surface area contributed by atoms with E-state index < -0.39 is 0 Å². The molecule has 2 heteroatoms. The molecule has 2 nitrogen and oxygen atoms in total. The summed E-state index contributed by atoms with van der Waals surface area (Å²) in [6.07, 6.45) is 4.14. The first-order valence-electron chi connectivity index (χ1n) is 10.0. The zero-order valence-corrected chi connectivity index (χ0v) is 16.7. The van der Waals surface area contributed by atoms with Crippen molar-refractivity contribution < 1.29 is 9.67 Å². The molecule has 0 saturated heterocycles. The van der Waals surface area contributed by atoms with Gasteiger partial charge in [-0.2, -0.15) is 0 Å². The lowest BCUT2D eigenvalue weighted by molar-refractivity contribution is -0.671. The molecule has 5 aromatic rings. The van der Waals surface area contributed by atoms with Crippen LogP contribution in [-0.4, -0.2) is 0 Å². The fourth-order valence-corrected chi connectivity index (χ4v) is 3.80. The maximum atomic E-state index is 11.5. The van der Waals surface area contributed by atoms with Crippen molar-refractivity contribution in [2.45, 2.75) is 0 Å². The van der Waals surface area contributed by atoms with Crippen molar-refractivity contribution in [1.82, 2.24) is 0 Å². The Balaban J connectivity index is 1.68. The van der Waals surface area contributed by atoms with E-state index in [2.05, 4.69) is 85.2 Å². The van der Waals surface area contributed by atoms with Gasteiger partial charge in [-0.3, -0.25) is 0 Å². The van der Waals surface area contributed by atoms with Gasteiger partial charge in [0.2, 0.25) is 0 Å². The Kier molecular flexibility index (Phi) is 4.53. The molecule has 0 fully saturated rings. The second-order valence-corrected chi connectivity index (χ2v) is 7.72. The molecule has 0 spiro atoms. The molecule has 4 bridgehead atoms. The molecule has 0 aliphatic carbocycles. The van der Waals surface area contributed by atoms with Crippen molar-refractivity contribution in [3.63, 3.8) is 0 Å². The molecule has 4 aromatic carbocycles. The molecule has 0 N–H and O–H groups in total. The van der Waals surface area contributed by atoms with Crippen LogP contribution in [0.25, 0.3) is 43.8 Å². The topological polar surface area (TPSA) is 26.9 Å². The predicted molar refractivity (Wildman–Crippen MR) is 122 cm³/mol. The standard InChI is InChI=1S/C28H21NO/c1-29-12-10-25(11-13-29)27-18-22-4-2-20-14-21(3-5-23(15-22)19-27)17-26(16-20)24-6-8-28(30)9-7-24/h2-19H,1H3. The molecule has 0 radical (unpaired) electrons. The largest absolute Gasteiger partial charge is 0.872 e. The summed E-state index contributed by atoms with van der Waals surface area (Å²) < 4.78 is 2.04. The third kappa shape index (κ3) is 3.81. The highest BCUT2D eigenvalue weighted by molar-refractivity contribution is 5.83. The zero-order valence-electron chi connectivity index (χ0n) is 16.7. The van der Waals surface area contributed by atoms with Crippen molar-refractivity contribution in [3.8, 4) is 28.0 Å². The highest BCUT2D eigenvalue weighted by Gasteiger charge is 2.02. The quantitative estimate of drug-likeness (QED) is 0.352. The molecule has 1 heterocycles. The van der Waals surface area contributed by atoms with Gasteiger partial charge in [-0.05, 0) is 80.2 Å². The first kappa shape index (κ1) is 18.1. The molecule has 1 aromatic heterocycles. The van der Waals surface area contributed by atoms with Crippen LogP contribution in [0.15, 0.2) is 109 Å². The summed E-state index contributed by atoms with van der Waals surface area (Å²) >= 11 is 0. The second kappa shape index (κ2) is 7.49. The normalized spacial score (nSPS) is 11.0. The Hall–Kier alpha value is -3.91. The number of hydrogen-bond donors (Lipinski definition) is 0. The van der Waals surface area contributed by atoms with Crippen LogP contribution in [0.5, 0.6) is 5.75 Å². The van der Waals surface area contributed by atoms with Crippen molar-refractivity contribution >= 4 is 21.5 Å². The number of pyridine rings is 1. The SMILES string of the molecule is C[n+]1ccc(-c2cc3ccc4cc(-c5ccc([O-])cc5)cc(ccc(c2)c3)c4)cc1. The highest BCUT2D eigenvalue weighted by atomic mass is 16.3. The summed E-state index contributed by atoms with van der Waals surface area (Å²) in [5, 5.41) is 16.1. The van der Waals surface area contributed by atoms with Crippen molar-refractivity contribution in [2.75, 3.05) is 0 Å². The van der Waals surface area contributed by atoms with Crippen LogP contribution in [0.3, 0.4) is 0 Å². The fourth-order valence-electron chi connectivity index (χ4n) is 3.80. The number of rotatable bonds is 2. The summed E-state index contributed by atoms with van der Waals surface area (Å²) in [6, 6.07) is 33.1. The number of fused-ring (bicyclic) bond motifs is 4. The number of benzene rings is 3. The van der Waals surface area contributed by atoms with Crippen LogP contribution >= 0.6 is 0 Å². The highest BCUT2D eigenvalue weighted by Crippen LogP contribution is 2.26. The summed E-state index contributed by atoms with van der Waals surface area (Å²) in [5.41, 5.74) is 4.58. The lowest BCUT2D eigenvalue weighted by atomic mass is 10.0. The van der Waals surface area contributed by atoms with Gasteiger partial charge in [-0.15, -0.1) is 5.75 Å². The van der Waals surface area contributed by atoms with Gasteiger partial charge < -0.3 is 5.11 Å². The third-order valence-corrected chi connectivity index (χ3v) is 5.39. The van der Waals surface area contributed by atoms with E-state index in [4.69, 9.17) is 0 Å². The maximum Gasteiger partial charge on any atom is 0.169 e. The summed E-state index contributed by atoms with van der Waals surface area (Å²) in [6.45, 7) is 0. The van der Waals surface area contributed by atoms with Crippen LogP contribution in [0.1, 0.15) is 0 Å². The van der Waals surface area contributed by atoms with E-state index in [1.54, 1.807) is 12.1 Å². The molecular formula is C28H21NO. The van der Waals surface area contributed by atoms with Crippen LogP contribution < -0.4 is 9.67 Å². The van der Waals surface area contributed by atoms with Gasteiger partial charge in [0.05, 0.1) is 0 Å². The van der Waals surface area contributed by atoms with E-state index in [-0.39, 0.29) is 5.75 Å². The van der Waals surface area contributed by atoms with E-state index in [9.17, 15) is 5.11 Å². The van der Waals surface area contributed by atoms with Crippen molar-refractivity contribution in [2.24, 2.45) is 7.05 Å². The Bertz CT molecular complexity index is 1220. The molecule has 30 heavy (non-hydrogen) atoms. The molecule has 144 valence electrons. The van der Waals surface area contributed by atoms with E-state index in [1.807, 2.05) is 23.7 Å². The summed E-state index contributed by atoms with van der Waals surface area (Å²) in [7, 11) is 2.03. The van der Waals surface area contributed by atoms with Gasteiger partial charge in [-0.1, -0.05) is 48.5 Å². The molecule has 0 atom stereocenters. The monoisotopic (exact) mass is 387 g/mol. The minimum absolute atomic E-state index is 0.0331. The summed E-state index contributed by atoms with van der Waals surface area (Å²) in [5.74, 6) is 0.0331. The molecule has 5 rings (SSSR count). The van der Waals surface area contributed by atoms with Gasteiger partial charge in [0.25, 0.3) is 0 Å². The van der Waals surface area contributed by atoms with Crippen molar-refractivity contribution in [1.29, 1.82) is 0 Å². The lowest BCUT2D eigenvalue weighted by Gasteiger charge is -2.07.